The van der Waals surface area contributed by atoms with Gasteiger partial charge in [-0.05, 0) is 37.6 Å². The number of benzene rings is 1. The van der Waals surface area contributed by atoms with Gasteiger partial charge in [0.2, 0.25) is 11.8 Å². The molecule has 0 spiro atoms. The Labute approximate surface area is 229 Å². The van der Waals surface area contributed by atoms with E-state index in [1.54, 1.807) is 36.8 Å². The molecule has 0 saturated heterocycles. The number of hydrogen-bond acceptors (Lipinski definition) is 12. The van der Waals surface area contributed by atoms with Crippen LogP contribution < -0.4 is 16.1 Å². The van der Waals surface area contributed by atoms with Crippen LogP contribution in [0, 0.1) is 0 Å². The molecule has 40 heavy (non-hydrogen) atoms. The van der Waals surface area contributed by atoms with Crippen LogP contribution in [0.25, 0.3) is 22.9 Å². The zero-order valence-electron chi connectivity index (χ0n) is 21.7. The molecule has 4 N–H and O–H groups in total. The lowest BCUT2D eigenvalue weighted by Gasteiger charge is -2.20. The van der Waals surface area contributed by atoms with Crippen LogP contribution in [0.5, 0.6) is 0 Å². The number of aliphatic hydroxyl groups is 1. The predicted molar refractivity (Wildman–Crippen MR) is 148 cm³/mol. The van der Waals surface area contributed by atoms with Crippen LogP contribution in [0.15, 0.2) is 77.6 Å². The van der Waals surface area contributed by atoms with E-state index in [1.807, 2.05) is 50.2 Å². The molecule has 0 aliphatic carbocycles. The van der Waals surface area contributed by atoms with Crippen LogP contribution in [0.4, 0.5) is 17.6 Å². The molecule has 1 aliphatic rings. The van der Waals surface area contributed by atoms with E-state index in [0.717, 1.165) is 5.56 Å². The predicted octanol–water partition coefficient (Wildman–Crippen LogP) is 2.83. The van der Waals surface area contributed by atoms with Crippen LogP contribution in [0.1, 0.15) is 31.1 Å². The van der Waals surface area contributed by atoms with E-state index in [1.165, 1.54) is 0 Å². The fourth-order valence-electron chi connectivity index (χ4n) is 4.47. The highest BCUT2D eigenvalue weighted by Gasteiger charge is 2.42. The summed E-state index contributed by atoms with van der Waals surface area (Å²) in [5, 5.41) is 35.2. The molecule has 0 saturated carbocycles. The third-order valence-electron chi connectivity index (χ3n) is 6.46. The smallest absolute Gasteiger partial charge is 0.423 e. The average Bonchev–Trinajstić information content (AvgIpc) is 3.55. The third kappa shape index (κ3) is 5.00. The molecule has 0 radical (unpaired) electrons. The highest BCUT2D eigenvalue weighted by molar-refractivity contribution is 6.61. The monoisotopic (exact) mass is 536 g/mol. The number of nitrogens with one attached hydrogen (secondary N) is 2. The van der Waals surface area contributed by atoms with Crippen molar-refractivity contribution in [3.05, 3.63) is 84.4 Å². The minimum Gasteiger partial charge on any atom is -0.423 e. The molecule has 1 aliphatic heterocycles. The summed E-state index contributed by atoms with van der Waals surface area (Å²) < 4.78 is 11.6. The summed E-state index contributed by atoms with van der Waals surface area (Å²) in [6.07, 6.45) is 4.85. The van der Waals surface area contributed by atoms with Crippen molar-refractivity contribution in [2.24, 2.45) is 0 Å². The van der Waals surface area contributed by atoms with Crippen molar-refractivity contribution < 1.29 is 19.2 Å². The average molecular weight is 536 g/mol. The van der Waals surface area contributed by atoms with E-state index in [2.05, 4.69) is 40.8 Å². The first-order valence-corrected chi connectivity index (χ1v) is 12.6. The van der Waals surface area contributed by atoms with Gasteiger partial charge >= 0.3 is 7.12 Å². The lowest BCUT2D eigenvalue weighted by atomic mass is 9.80. The summed E-state index contributed by atoms with van der Waals surface area (Å²) in [4.78, 5) is 17.9. The van der Waals surface area contributed by atoms with Gasteiger partial charge in [-0.1, -0.05) is 36.4 Å². The van der Waals surface area contributed by atoms with E-state index in [0.29, 0.717) is 39.8 Å². The number of aromatic nitrogens is 6. The van der Waals surface area contributed by atoms with Crippen molar-refractivity contribution in [2.45, 2.75) is 25.5 Å². The van der Waals surface area contributed by atoms with Crippen LogP contribution >= 0.6 is 0 Å². The summed E-state index contributed by atoms with van der Waals surface area (Å²) in [5.74, 6) is 1.57. The van der Waals surface area contributed by atoms with Gasteiger partial charge in [-0.25, -0.2) is 9.97 Å². The third-order valence-corrected chi connectivity index (χ3v) is 6.46. The second-order valence-electron chi connectivity index (χ2n) is 9.64. The Morgan fingerprint density at radius 1 is 0.975 bits per heavy atom. The fraction of sp³-hybridized carbons (Fsp3) is 0.185. The maximum Gasteiger partial charge on any atom is 0.493 e. The Morgan fingerprint density at radius 3 is 2.58 bits per heavy atom. The van der Waals surface area contributed by atoms with Gasteiger partial charge in [-0.2, -0.15) is 4.98 Å². The van der Waals surface area contributed by atoms with Crippen molar-refractivity contribution in [2.75, 3.05) is 17.2 Å². The quantitative estimate of drug-likeness (QED) is 0.215. The molecule has 0 unspecified atom stereocenters. The molecule has 1 aromatic carbocycles. The van der Waals surface area contributed by atoms with Crippen molar-refractivity contribution in [1.29, 1.82) is 0 Å². The molecule has 0 bridgehead atoms. The number of pyridine rings is 2. The van der Waals surface area contributed by atoms with E-state index >= 15 is 0 Å². The molecular formula is C27H25BN8O4. The van der Waals surface area contributed by atoms with Crippen LogP contribution in [0.2, 0.25) is 0 Å². The zero-order valence-corrected chi connectivity index (χ0v) is 21.7. The van der Waals surface area contributed by atoms with E-state index in [-0.39, 0.29) is 18.4 Å². The first-order valence-electron chi connectivity index (χ1n) is 12.6. The Morgan fingerprint density at radius 2 is 1.80 bits per heavy atom. The largest absolute Gasteiger partial charge is 0.493 e. The Balaban J connectivity index is 1.36. The molecule has 6 rings (SSSR count). The molecular weight excluding hydrogens is 511 g/mol. The van der Waals surface area contributed by atoms with Crippen molar-refractivity contribution in [3.8, 4) is 22.9 Å². The van der Waals surface area contributed by atoms with Crippen LogP contribution in [0.3, 0.4) is 0 Å². The number of anilines is 3. The lowest BCUT2D eigenvalue weighted by Crippen LogP contribution is -2.28. The second-order valence-corrected chi connectivity index (χ2v) is 9.64. The summed E-state index contributed by atoms with van der Waals surface area (Å²) in [6, 6.07) is 16.1. The number of rotatable bonds is 8. The normalized spacial score (nSPS) is 14.6. The van der Waals surface area contributed by atoms with Crippen LogP contribution in [-0.4, -0.2) is 54.0 Å². The first-order chi connectivity index (χ1) is 19.4. The van der Waals surface area contributed by atoms with Crippen molar-refractivity contribution in [3.63, 3.8) is 0 Å². The number of hydrogen-bond donors (Lipinski definition) is 4. The lowest BCUT2D eigenvalue weighted by molar-refractivity contribution is 0.0970. The van der Waals surface area contributed by atoms with Gasteiger partial charge in [-0.15, -0.1) is 10.2 Å². The molecule has 4 aromatic heterocycles. The highest BCUT2D eigenvalue weighted by atomic mass is 16.5. The summed E-state index contributed by atoms with van der Waals surface area (Å²) in [7, 11) is -1.03. The summed E-state index contributed by atoms with van der Waals surface area (Å²) >= 11 is 0. The maximum absolute atomic E-state index is 10.2. The van der Waals surface area contributed by atoms with E-state index in [4.69, 9.17) is 9.07 Å². The fourth-order valence-corrected chi connectivity index (χ4v) is 4.47. The SMILES string of the molecule is CC1(C)OB(O)c2ccc(Nc3ncc(-c4nnc(-c5cccnc5)o4)c(N[C@H](CO)c4ccccc4)n3)nc21. The van der Waals surface area contributed by atoms with Gasteiger partial charge in [0.1, 0.15) is 11.6 Å². The minimum atomic E-state index is -1.03. The molecule has 5 heterocycles. The molecule has 0 fully saturated rings. The molecule has 200 valence electrons. The summed E-state index contributed by atoms with van der Waals surface area (Å²) in [5.41, 5.74) is 2.47. The number of fused-ring (bicyclic) bond motifs is 1. The highest BCUT2D eigenvalue weighted by Crippen LogP contribution is 2.32. The summed E-state index contributed by atoms with van der Waals surface area (Å²) in [6.45, 7) is 3.49. The maximum atomic E-state index is 10.2. The minimum absolute atomic E-state index is 0.190. The Hall–Kier alpha value is -4.72. The van der Waals surface area contributed by atoms with Gasteiger partial charge < -0.3 is 29.8 Å². The molecule has 13 heteroatoms. The van der Waals surface area contributed by atoms with Gasteiger partial charge in [0.05, 0.1) is 35.1 Å². The molecule has 5 aromatic rings. The Kier molecular flexibility index (Phi) is 6.68. The Bertz CT molecular complexity index is 1630. The van der Waals surface area contributed by atoms with Gasteiger partial charge in [0, 0.05) is 24.1 Å². The molecule has 0 amide bonds. The van der Waals surface area contributed by atoms with Gasteiger partial charge in [0.15, 0.2) is 0 Å². The molecule has 12 nitrogen and oxygen atoms in total. The van der Waals surface area contributed by atoms with Gasteiger partial charge in [0.25, 0.3) is 5.89 Å². The van der Waals surface area contributed by atoms with Gasteiger partial charge in [-0.3, -0.25) is 4.98 Å². The number of aliphatic hydroxyl groups excluding tert-OH is 1. The first kappa shape index (κ1) is 25.6. The standard InChI is InChI=1S/C27H25BN8O4/c1-27(2)22-19(28(38)40-27)10-11-21(32-22)33-26-30-14-18(25-36-35-24(39-25)17-9-6-12-29-13-17)23(34-26)31-20(15-37)16-7-4-3-5-8-16/h3-14,20,37-38H,15H2,1-2H3,(H2,30,31,32,33,34)/t20-/m1/s1. The topological polar surface area (TPSA) is 164 Å². The van der Waals surface area contributed by atoms with E-state index in [9.17, 15) is 10.1 Å². The molecule has 1 atom stereocenters. The van der Waals surface area contributed by atoms with Crippen LogP contribution in [-0.2, 0) is 10.3 Å². The van der Waals surface area contributed by atoms with E-state index < -0.39 is 18.8 Å². The zero-order chi connectivity index (χ0) is 27.7. The number of nitrogens with zero attached hydrogens (tertiary/aromatic N) is 6. The van der Waals surface area contributed by atoms with Crippen molar-refractivity contribution in [1.82, 2.24) is 30.1 Å². The second kappa shape index (κ2) is 10.5. The van der Waals surface area contributed by atoms with Crippen molar-refractivity contribution >= 4 is 30.2 Å².